The van der Waals surface area contributed by atoms with E-state index in [1.165, 1.54) is 11.3 Å². The van der Waals surface area contributed by atoms with Gasteiger partial charge in [0.05, 0.1) is 5.69 Å². The molecule has 1 heterocycles. The molecule has 0 spiro atoms. The van der Waals surface area contributed by atoms with Crippen molar-refractivity contribution in [2.45, 2.75) is 18.4 Å². The Morgan fingerprint density at radius 1 is 1.73 bits per heavy atom. The fraction of sp³-hybridized carbons (Fsp3) is 0.429. The number of hydrogen-bond donors (Lipinski definition) is 1. The van der Waals surface area contributed by atoms with Gasteiger partial charge < -0.3 is 5.11 Å². The predicted molar refractivity (Wildman–Crippen MR) is 40.6 cm³/mol. The number of aliphatic hydroxyl groups is 1. The van der Waals surface area contributed by atoms with Crippen LogP contribution in [0, 0.1) is 0 Å². The van der Waals surface area contributed by atoms with Crippen molar-refractivity contribution in [1.82, 2.24) is 4.98 Å². The summed E-state index contributed by atoms with van der Waals surface area (Å²) < 4.78 is 0. The van der Waals surface area contributed by atoms with E-state index in [1.807, 2.05) is 0 Å². The van der Waals surface area contributed by atoms with Gasteiger partial charge in [0, 0.05) is 5.38 Å². The monoisotopic (exact) mass is 169 g/mol. The highest BCUT2D eigenvalue weighted by molar-refractivity contribution is 7.11. The molecule has 0 unspecified atom stereocenters. The van der Waals surface area contributed by atoms with E-state index >= 15 is 0 Å². The van der Waals surface area contributed by atoms with Crippen molar-refractivity contribution in [2.75, 3.05) is 0 Å². The van der Waals surface area contributed by atoms with Gasteiger partial charge in [-0.1, -0.05) is 0 Å². The Hall–Kier alpha value is -0.740. The van der Waals surface area contributed by atoms with Gasteiger partial charge >= 0.3 is 0 Å². The summed E-state index contributed by atoms with van der Waals surface area (Å²) in [5.41, 5.74) is -0.0396. The van der Waals surface area contributed by atoms with Crippen LogP contribution in [0.25, 0.3) is 0 Å². The van der Waals surface area contributed by atoms with Gasteiger partial charge in [0.2, 0.25) is 0 Å². The smallest absolute Gasteiger partial charge is 0.178 e. The van der Waals surface area contributed by atoms with E-state index in [4.69, 9.17) is 0 Å². The average molecular weight is 169 g/mol. The van der Waals surface area contributed by atoms with E-state index in [0.717, 1.165) is 12.8 Å². The number of carbonyl (C=O) groups excluding carboxylic acids is 1. The number of carbonyl (C=O) groups is 1. The third-order valence-electron chi connectivity index (χ3n) is 1.82. The quantitative estimate of drug-likeness (QED) is 0.670. The van der Waals surface area contributed by atoms with Crippen LogP contribution in [0.2, 0.25) is 0 Å². The number of aldehydes is 1. The van der Waals surface area contributed by atoms with E-state index < -0.39 is 5.60 Å². The molecule has 58 valence electrons. The molecule has 0 radical (unpaired) electrons. The molecule has 0 saturated heterocycles. The zero-order valence-corrected chi connectivity index (χ0v) is 6.60. The van der Waals surface area contributed by atoms with E-state index in [9.17, 15) is 9.90 Å². The standard InChI is InChI=1S/C7H7NO2S/c9-3-6-8-5(4-11-6)7(10)1-2-7/h3-4,10H,1-2H2. The first-order valence-electron chi connectivity index (χ1n) is 3.38. The topological polar surface area (TPSA) is 50.2 Å². The van der Waals surface area contributed by atoms with Gasteiger partial charge in [-0.25, -0.2) is 4.98 Å². The predicted octanol–water partition coefficient (Wildman–Crippen LogP) is 0.937. The molecule has 0 amide bonds. The third kappa shape index (κ3) is 1.08. The fourth-order valence-electron chi connectivity index (χ4n) is 0.930. The summed E-state index contributed by atoms with van der Waals surface area (Å²) in [6, 6.07) is 0. The lowest BCUT2D eigenvalue weighted by Crippen LogP contribution is -2.04. The minimum Gasteiger partial charge on any atom is -0.384 e. The van der Waals surface area contributed by atoms with Gasteiger partial charge in [-0.3, -0.25) is 4.79 Å². The maximum absolute atomic E-state index is 10.2. The first kappa shape index (κ1) is 6.94. The summed E-state index contributed by atoms with van der Waals surface area (Å²) in [4.78, 5) is 14.2. The lowest BCUT2D eigenvalue weighted by Gasteiger charge is -1.99. The Bertz CT molecular complexity index is 290. The van der Waals surface area contributed by atoms with E-state index in [1.54, 1.807) is 5.38 Å². The molecule has 0 bridgehead atoms. The van der Waals surface area contributed by atoms with Crippen molar-refractivity contribution >= 4 is 17.6 Å². The summed E-state index contributed by atoms with van der Waals surface area (Å²) in [5, 5.41) is 11.7. The van der Waals surface area contributed by atoms with Crippen molar-refractivity contribution in [3.63, 3.8) is 0 Å². The van der Waals surface area contributed by atoms with Crippen LogP contribution >= 0.6 is 11.3 Å². The van der Waals surface area contributed by atoms with Crippen LogP contribution in [0.15, 0.2) is 5.38 Å². The zero-order chi connectivity index (χ0) is 7.90. The van der Waals surface area contributed by atoms with Gasteiger partial charge in [-0.15, -0.1) is 11.3 Å². The van der Waals surface area contributed by atoms with Gasteiger partial charge in [-0.2, -0.15) is 0 Å². The van der Waals surface area contributed by atoms with Crippen molar-refractivity contribution < 1.29 is 9.90 Å². The van der Waals surface area contributed by atoms with Gasteiger partial charge in [0.1, 0.15) is 5.60 Å². The molecular formula is C7H7NO2S. The molecule has 0 atom stereocenters. The summed E-state index contributed by atoms with van der Waals surface area (Å²) in [7, 11) is 0. The molecule has 1 aromatic heterocycles. The highest BCUT2D eigenvalue weighted by Gasteiger charge is 2.44. The average Bonchev–Trinajstić information content (AvgIpc) is 2.61. The Kier molecular flexibility index (Phi) is 1.34. The third-order valence-corrected chi connectivity index (χ3v) is 2.59. The second-order valence-electron chi connectivity index (χ2n) is 2.72. The minimum atomic E-state index is -0.697. The van der Waals surface area contributed by atoms with Crippen molar-refractivity contribution in [1.29, 1.82) is 0 Å². The van der Waals surface area contributed by atoms with E-state index in [0.29, 0.717) is 17.0 Å². The Labute approximate surface area is 67.7 Å². The fourth-order valence-corrected chi connectivity index (χ4v) is 1.64. The number of aromatic nitrogens is 1. The lowest BCUT2D eigenvalue weighted by atomic mass is 10.3. The van der Waals surface area contributed by atoms with Crippen LogP contribution in [-0.2, 0) is 5.60 Å². The molecule has 1 aromatic rings. The first-order chi connectivity index (χ1) is 5.24. The zero-order valence-electron chi connectivity index (χ0n) is 5.78. The second-order valence-corrected chi connectivity index (χ2v) is 3.61. The largest absolute Gasteiger partial charge is 0.384 e. The van der Waals surface area contributed by atoms with Crippen LogP contribution < -0.4 is 0 Å². The van der Waals surface area contributed by atoms with Crippen LogP contribution in [0.5, 0.6) is 0 Å². The van der Waals surface area contributed by atoms with E-state index in [-0.39, 0.29) is 0 Å². The minimum absolute atomic E-state index is 0.445. The number of rotatable bonds is 2. The molecule has 1 N–H and O–H groups in total. The Morgan fingerprint density at radius 3 is 2.91 bits per heavy atom. The number of thiazole rings is 1. The molecule has 1 fully saturated rings. The first-order valence-corrected chi connectivity index (χ1v) is 4.26. The van der Waals surface area contributed by atoms with Gasteiger partial charge in [0.25, 0.3) is 0 Å². The molecule has 3 nitrogen and oxygen atoms in total. The second kappa shape index (κ2) is 2.12. The highest BCUT2D eigenvalue weighted by Crippen LogP contribution is 2.45. The molecule has 1 saturated carbocycles. The highest BCUT2D eigenvalue weighted by atomic mass is 32.1. The maximum Gasteiger partial charge on any atom is 0.178 e. The maximum atomic E-state index is 10.2. The van der Waals surface area contributed by atoms with Crippen molar-refractivity contribution in [3.8, 4) is 0 Å². The van der Waals surface area contributed by atoms with Gasteiger partial charge in [0.15, 0.2) is 11.3 Å². The summed E-state index contributed by atoms with van der Waals surface area (Å²) in [6.45, 7) is 0. The summed E-state index contributed by atoms with van der Waals surface area (Å²) in [5.74, 6) is 0. The molecule has 2 rings (SSSR count). The van der Waals surface area contributed by atoms with Crippen LogP contribution in [0.1, 0.15) is 28.3 Å². The molecule has 1 aliphatic carbocycles. The van der Waals surface area contributed by atoms with Crippen molar-refractivity contribution in [2.24, 2.45) is 0 Å². The molecule has 1 aliphatic rings. The van der Waals surface area contributed by atoms with Gasteiger partial charge in [-0.05, 0) is 12.8 Å². The lowest BCUT2D eigenvalue weighted by molar-refractivity contribution is 0.112. The van der Waals surface area contributed by atoms with Crippen LogP contribution in [-0.4, -0.2) is 16.4 Å². The number of hydrogen-bond acceptors (Lipinski definition) is 4. The molecule has 0 aliphatic heterocycles. The van der Waals surface area contributed by atoms with Crippen LogP contribution in [0.3, 0.4) is 0 Å². The summed E-state index contributed by atoms with van der Waals surface area (Å²) in [6.07, 6.45) is 2.25. The molecular weight excluding hydrogens is 162 g/mol. The Balaban J connectivity index is 2.32. The molecule has 0 aromatic carbocycles. The Morgan fingerprint density at radius 2 is 2.45 bits per heavy atom. The van der Waals surface area contributed by atoms with E-state index in [2.05, 4.69) is 4.98 Å². The SMILES string of the molecule is O=Cc1nc(C2(O)CC2)cs1. The van der Waals surface area contributed by atoms with Crippen molar-refractivity contribution in [3.05, 3.63) is 16.1 Å². The number of nitrogens with zero attached hydrogens (tertiary/aromatic N) is 1. The summed E-state index contributed by atoms with van der Waals surface area (Å²) >= 11 is 1.28. The molecule has 11 heavy (non-hydrogen) atoms. The normalized spacial score (nSPS) is 19.7. The molecule has 4 heteroatoms. The van der Waals surface area contributed by atoms with Crippen LogP contribution in [0.4, 0.5) is 0 Å².